The van der Waals surface area contributed by atoms with Gasteiger partial charge in [-0.1, -0.05) is 96.8 Å². The maximum atomic E-state index is 13.9. The smallest absolute Gasteiger partial charge is 0.315 e. The van der Waals surface area contributed by atoms with Crippen molar-refractivity contribution >= 4 is 29.5 Å². The molecule has 2 aliphatic rings. The first-order valence-electron chi connectivity index (χ1n) is 32.4. The molecule has 2 heterocycles. The zero-order chi connectivity index (χ0) is 60.8. The van der Waals surface area contributed by atoms with Gasteiger partial charge in [-0.3, -0.25) is 14.4 Å². The van der Waals surface area contributed by atoms with Crippen LogP contribution in [-0.4, -0.2) is 245 Å². The number of amides is 3. The number of unbranched alkanes of at least 4 members (excludes halogenated alkanes) is 13. The van der Waals surface area contributed by atoms with E-state index in [2.05, 4.69) is 28.5 Å². The normalized spacial score (nSPS) is 16.5. The molecule has 502 valence electrons. The van der Waals surface area contributed by atoms with Gasteiger partial charge in [0.2, 0.25) is 5.91 Å². The summed E-state index contributed by atoms with van der Waals surface area (Å²) in [7, 11) is 0. The molecule has 24 nitrogen and oxygen atoms in total. The van der Waals surface area contributed by atoms with Gasteiger partial charge in [0.25, 0.3) is 0 Å². The maximum Gasteiger partial charge on any atom is 0.315 e. The number of thioether (sulfide) groups is 1. The van der Waals surface area contributed by atoms with E-state index < -0.39 is 6.04 Å². The Bertz CT molecular complexity index is 1480. The minimum atomic E-state index is -0.683. The van der Waals surface area contributed by atoms with Gasteiger partial charge >= 0.3 is 6.03 Å². The number of nitrogens with one attached hydrogen (secondary N) is 4. The van der Waals surface area contributed by atoms with Crippen LogP contribution in [0.5, 0.6) is 0 Å². The van der Waals surface area contributed by atoms with Crippen molar-refractivity contribution in [3.8, 4) is 0 Å². The summed E-state index contributed by atoms with van der Waals surface area (Å²) in [6, 6.07) is -0.503. The summed E-state index contributed by atoms with van der Waals surface area (Å²) in [5.74, 6) is 6.03. The predicted molar refractivity (Wildman–Crippen MR) is 328 cm³/mol. The number of fused-ring (bicyclic) bond motifs is 1. The average molecular weight is 1240 g/mol. The number of nitrogens with two attached hydrogens (primary N) is 2. The molecule has 3 amide bonds. The Hall–Kier alpha value is -1.96. The van der Waals surface area contributed by atoms with Gasteiger partial charge in [-0.15, -0.1) is 5.59 Å². The number of Topliss-reactive ketones (excluding diaryl/α,β-unsaturated/α-hetero) is 1. The van der Waals surface area contributed by atoms with Gasteiger partial charge in [-0.05, 0) is 31.6 Å². The third-order valence-corrected chi connectivity index (χ3v) is 15.8. The van der Waals surface area contributed by atoms with E-state index in [9.17, 15) is 14.4 Å². The van der Waals surface area contributed by atoms with E-state index in [-0.39, 0.29) is 49.4 Å². The Morgan fingerprint density at radius 1 is 0.459 bits per heavy atom. The van der Waals surface area contributed by atoms with Crippen molar-refractivity contribution in [1.29, 1.82) is 0 Å². The molecule has 0 aromatic rings. The molecule has 2 aliphatic heterocycles. The molecule has 0 bridgehead atoms. The second-order valence-electron chi connectivity index (χ2n) is 21.0. The zero-order valence-electron chi connectivity index (χ0n) is 52.4. The summed E-state index contributed by atoms with van der Waals surface area (Å²) in [6.07, 6.45) is 22.0. The van der Waals surface area contributed by atoms with Crippen LogP contribution in [0.15, 0.2) is 0 Å². The van der Waals surface area contributed by atoms with Crippen molar-refractivity contribution in [2.24, 2.45) is 17.5 Å². The highest BCUT2D eigenvalue weighted by Crippen LogP contribution is 2.39. The number of hydrogen-bond acceptors (Lipinski definition) is 22. The fourth-order valence-corrected chi connectivity index (χ4v) is 11.3. The lowest BCUT2D eigenvalue weighted by Gasteiger charge is -2.27. The second-order valence-corrected chi connectivity index (χ2v) is 22.2. The summed E-state index contributed by atoms with van der Waals surface area (Å²) in [6.45, 7) is 15.2. The molecule has 2 fully saturated rings. The Morgan fingerprint density at radius 3 is 1.24 bits per heavy atom. The van der Waals surface area contributed by atoms with Crippen molar-refractivity contribution in [2.75, 3.05) is 204 Å². The third-order valence-electron chi connectivity index (χ3n) is 14.1. The van der Waals surface area contributed by atoms with Crippen molar-refractivity contribution in [2.45, 2.75) is 159 Å². The largest absolute Gasteiger partial charge is 0.379 e. The standard InChI is InChI=1S/C60H118N6O18S/c1-2-3-4-5-6-7-8-9-10-11-12-13-14-15-17-53(59-58-55(52-85-59)64-60(69)65-58)18-16-19-56(67)54(63-57(68)21-24-71-27-30-74-32-34-75-31-28-72-25-22-61)20-23-70-26-29-73-33-35-76-36-37-77-38-39-78-40-41-79-42-43-80-44-45-81-46-47-82-48-49-83-50-51-84-66-62/h53-55,58-59,66H,2-52,61-62H2,1H3,(H,63,68)(H2,64,65,69)/t53?,54?,55-,58-,59-/m0/s1. The van der Waals surface area contributed by atoms with Gasteiger partial charge in [0, 0.05) is 37.0 Å². The highest BCUT2D eigenvalue weighted by atomic mass is 32.2. The second kappa shape index (κ2) is 62.2. The van der Waals surface area contributed by atoms with Crippen LogP contribution in [0.2, 0.25) is 0 Å². The van der Waals surface area contributed by atoms with E-state index in [0.717, 1.165) is 25.0 Å². The van der Waals surface area contributed by atoms with Gasteiger partial charge < -0.3 is 88.0 Å². The topological polar surface area (TPSA) is 290 Å². The molecule has 0 radical (unpaired) electrons. The van der Waals surface area contributed by atoms with Gasteiger partial charge in [0.05, 0.1) is 203 Å². The predicted octanol–water partition coefficient (Wildman–Crippen LogP) is 5.23. The van der Waals surface area contributed by atoms with Crippen LogP contribution >= 0.6 is 11.8 Å². The molecule has 2 unspecified atom stereocenters. The van der Waals surface area contributed by atoms with E-state index in [1.165, 1.54) is 83.5 Å². The molecule has 2 rings (SSSR count). The number of urea groups is 1. The van der Waals surface area contributed by atoms with Crippen LogP contribution in [-0.2, 0) is 80.7 Å². The van der Waals surface area contributed by atoms with Crippen molar-refractivity contribution in [1.82, 2.24) is 21.5 Å². The summed E-state index contributed by atoms with van der Waals surface area (Å²) in [5, 5.41) is 9.60. The van der Waals surface area contributed by atoms with Gasteiger partial charge in [0.1, 0.15) is 0 Å². The highest BCUT2D eigenvalue weighted by molar-refractivity contribution is 8.00. The van der Waals surface area contributed by atoms with E-state index in [1.807, 2.05) is 11.8 Å². The first-order valence-corrected chi connectivity index (χ1v) is 33.4. The summed E-state index contributed by atoms with van der Waals surface area (Å²) in [4.78, 5) is 44.2. The number of carbonyl (C=O) groups is 3. The molecular formula is C60H118N6O18S. The van der Waals surface area contributed by atoms with Crippen LogP contribution in [0.3, 0.4) is 0 Å². The van der Waals surface area contributed by atoms with Crippen LogP contribution in [0.4, 0.5) is 4.79 Å². The SMILES string of the molecule is CCCCCCCCCCCCCCCCC(CCCC(=O)C(CCOCCOCCOCCOCCOCCOCCOCCOCCOCCOCCONN)NC(=O)CCOCCOCCOCCOCCN)[C@@H]1SC[C@@H]2NC(=O)N[C@@H]21. The number of ketones is 1. The molecule has 85 heavy (non-hydrogen) atoms. The lowest BCUT2D eigenvalue weighted by molar-refractivity contribution is -0.129. The van der Waals surface area contributed by atoms with Gasteiger partial charge in [0.15, 0.2) is 5.78 Å². The van der Waals surface area contributed by atoms with Crippen LogP contribution in [0, 0.1) is 5.92 Å². The molecule has 0 saturated carbocycles. The number of hydrogen-bond donors (Lipinski definition) is 6. The monoisotopic (exact) mass is 1240 g/mol. The fraction of sp³-hybridized carbons (Fsp3) is 0.950. The number of rotatable bonds is 70. The lowest BCUT2D eigenvalue weighted by atomic mass is 9.86. The first kappa shape index (κ1) is 79.1. The van der Waals surface area contributed by atoms with Crippen LogP contribution in [0.25, 0.3) is 0 Å². The van der Waals surface area contributed by atoms with E-state index in [4.69, 9.17) is 82.7 Å². The zero-order valence-corrected chi connectivity index (χ0v) is 53.2. The Kier molecular flexibility index (Phi) is 57.9. The molecule has 0 aromatic heterocycles. The summed E-state index contributed by atoms with van der Waals surface area (Å²) < 4.78 is 77.6. The average Bonchev–Trinajstić information content (AvgIpc) is 2.84. The molecule has 0 aromatic carbocycles. The van der Waals surface area contributed by atoms with Crippen molar-refractivity contribution < 1.29 is 85.5 Å². The molecule has 8 N–H and O–H groups in total. The van der Waals surface area contributed by atoms with Crippen molar-refractivity contribution in [3.05, 3.63) is 0 Å². The quantitative estimate of drug-likeness (QED) is 0.0197. The molecular weight excluding hydrogens is 1120 g/mol. The summed E-state index contributed by atoms with van der Waals surface area (Å²) >= 11 is 1.95. The molecule has 5 atom stereocenters. The first-order chi connectivity index (χ1) is 42.0. The molecule has 0 aliphatic carbocycles. The maximum absolute atomic E-state index is 13.9. The lowest BCUT2D eigenvalue weighted by Crippen LogP contribution is -2.42. The van der Waals surface area contributed by atoms with E-state index >= 15 is 0 Å². The Morgan fingerprint density at radius 2 is 0.824 bits per heavy atom. The van der Waals surface area contributed by atoms with Gasteiger partial charge in [-0.2, -0.15) is 11.8 Å². The van der Waals surface area contributed by atoms with Crippen LogP contribution in [0.1, 0.15) is 135 Å². The third kappa shape index (κ3) is 49.5. The van der Waals surface area contributed by atoms with E-state index in [1.54, 1.807) is 0 Å². The highest BCUT2D eigenvalue weighted by Gasteiger charge is 2.45. The number of hydrazine groups is 1. The summed E-state index contributed by atoms with van der Waals surface area (Å²) in [5.41, 5.74) is 7.51. The molecule has 25 heteroatoms. The van der Waals surface area contributed by atoms with Crippen LogP contribution < -0.4 is 33.1 Å². The Labute approximate surface area is 514 Å². The number of carbonyl (C=O) groups excluding carboxylic acids is 3. The van der Waals surface area contributed by atoms with E-state index in [0.29, 0.717) is 215 Å². The molecule has 2 saturated heterocycles. The number of ether oxygens (including phenoxy) is 14. The Balaban J connectivity index is 1.61. The minimum Gasteiger partial charge on any atom is -0.379 e. The van der Waals surface area contributed by atoms with Gasteiger partial charge in [-0.25, -0.2) is 10.6 Å². The van der Waals surface area contributed by atoms with Crippen molar-refractivity contribution in [3.63, 3.8) is 0 Å². The fourth-order valence-electron chi connectivity index (χ4n) is 9.57. The molecule has 0 spiro atoms. The minimum absolute atomic E-state index is 0.00303.